The molecule has 0 saturated carbocycles. The van der Waals surface area contributed by atoms with Crippen LogP contribution in [0.3, 0.4) is 0 Å². The van der Waals surface area contributed by atoms with Crippen LogP contribution >= 0.6 is 0 Å². The molecule has 3 aromatic heterocycles. The van der Waals surface area contributed by atoms with E-state index in [9.17, 15) is 0 Å². The van der Waals surface area contributed by atoms with Crippen molar-refractivity contribution in [3.63, 3.8) is 0 Å². The third kappa shape index (κ3) is 16.9. The lowest BCUT2D eigenvalue weighted by Gasteiger charge is -2.13. The van der Waals surface area contributed by atoms with Crippen LogP contribution in [0, 0.1) is 0 Å². The van der Waals surface area contributed by atoms with Gasteiger partial charge in [0.1, 0.15) is 18.3 Å². The lowest BCUT2D eigenvalue weighted by Crippen LogP contribution is -2.10. The van der Waals surface area contributed by atoms with Crippen molar-refractivity contribution in [1.82, 2.24) is 15.5 Å². The quantitative estimate of drug-likeness (QED) is 0.329. The zero-order valence-electron chi connectivity index (χ0n) is 24.0. The fourth-order valence-electron chi connectivity index (χ4n) is 1.78. The Hall–Kier alpha value is -2.37. The molecule has 0 fully saturated rings. The average molecular weight is 466 g/mol. The van der Waals surface area contributed by atoms with Crippen molar-refractivity contribution in [1.29, 1.82) is 0 Å². The second-order valence-electron chi connectivity index (χ2n) is 9.42. The van der Waals surface area contributed by atoms with E-state index in [0.29, 0.717) is 0 Å². The van der Waals surface area contributed by atoms with E-state index in [1.165, 1.54) is 0 Å². The smallest absolute Gasteiger partial charge is 0.142 e. The summed E-state index contributed by atoms with van der Waals surface area (Å²) >= 11 is 0. The minimum atomic E-state index is 0.0938. The van der Waals surface area contributed by atoms with Crippen molar-refractivity contribution in [2.75, 3.05) is 0 Å². The van der Waals surface area contributed by atoms with E-state index in [1.807, 2.05) is 53.7 Å². The molecule has 0 amide bonds. The van der Waals surface area contributed by atoms with Gasteiger partial charge in [0.2, 0.25) is 0 Å². The van der Waals surface area contributed by atoms with Gasteiger partial charge in [-0.3, -0.25) is 0 Å². The molecule has 0 spiro atoms. The molecule has 3 rings (SSSR count). The highest BCUT2D eigenvalue weighted by Gasteiger charge is 2.17. The maximum absolute atomic E-state index is 4.95. The molecule has 0 N–H and O–H groups in total. The molecular weight excluding hydrogens is 414 g/mol. The van der Waals surface area contributed by atoms with Gasteiger partial charge in [-0.1, -0.05) is 119 Å². The molecule has 0 aliphatic rings. The van der Waals surface area contributed by atoms with Crippen LogP contribution in [-0.2, 0) is 16.2 Å². The van der Waals surface area contributed by atoms with E-state index in [0.717, 1.165) is 17.0 Å². The van der Waals surface area contributed by atoms with E-state index >= 15 is 0 Å². The Kier molecular flexibility index (Phi) is 19.3. The SMILES string of the molecule is CC.CC.CC.CC(C)(C)c1ccno1.CC(C)(C)c1ccon1.CC(C)(C)c1cnoc1. The molecule has 0 saturated heterocycles. The minimum absolute atomic E-state index is 0.0938. The second-order valence-corrected chi connectivity index (χ2v) is 9.42. The normalized spacial score (nSPS) is 10.3. The Morgan fingerprint density at radius 1 is 0.636 bits per heavy atom. The van der Waals surface area contributed by atoms with Crippen molar-refractivity contribution in [2.24, 2.45) is 0 Å². The third-order valence-corrected chi connectivity index (χ3v) is 3.68. The maximum atomic E-state index is 4.95. The molecule has 0 aromatic carbocycles. The van der Waals surface area contributed by atoms with Crippen molar-refractivity contribution >= 4 is 0 Å². The zero-order valence-corrected chi connectivity index (χ0v) is 24.0. The van der Waals surface area contributed by atoms with Crippen molar-refractivity contribution in [3.05, 3.63) is 54.1 Å². The topological polar surface area (TPSA) is 78.1 Å². The van der Waals surface area contributed by atoms with Crippen molar-refractivity contribution < 1.29 is 13.6 Å². The predicted octanol–water partition coefficient (Wildman–Crippen LogP) is 8.99. The van der Waals surface area contributed by atoms with E-state index in [1.54, 1.807) is 24.9 Å². The van der Waals surface area contributed by atoms with Crippen LogP contribution in [0.5, 0.6) is 0 Å². The van der Waals surface area contributed by atoms with Crippen LogP contribution in [0.2, 0.25) is 0 Å². The van der Waals surface area contributed by atoms with Gasteiger partial charge < -0.3 is 13.6 Å². The largest absolute Gasteiger partial charge is 0.364 e. The van der Waals surface area contributed by atoms with Crippen molar-refractivity contribution in [2.45, 2.75) is 120 Å². The molecule has 0 radical (unpaired) electrons. The van der Waals surface area contributed by atoms with E-state index < -0.39 is 0 Å². The highest BCUT2D eigenvalue weighted by molar-refractivity contribution is 5.12. The summed E-state index contributed by atoms with van der Waals surface area (Å²) in [4.78, 5) is 0. The molecule has 0 unspecified atom stereocenters. The summed E-state index contributed by atoms with van der Waals surface area (Å²) in [7, 11) is 0. The van der Waals surface area contributed by atoms with Gasteiger partial charge in [-0.05, 0) is 5.41 Å². The average Bonchev–Trinajstić information content (AvgIpc) is 3.55. The predicted molar refractivity (Wildman–Crippen MR) is 140 cm³/mol. The molecular formula is C27H51N3O3. The number of rotatable bonds is 0. The molecule has 3 heterocycles. The van der Waals surface area contributed by atoms with Crippen LogP contribution in [0.4, 0.5) is 0 Å². The third-order valence-electron chi connectivity index (χ3n) is 3.68. The van der Waals surface area contributed by atoms with Gasteiger partial charge in [0.25, 0.3) is 0 Å². The summed E-state index contributed by atoms with van der Waals surface area (Å²) in [6.45, 7) is 31.0. The van der Waals surface area contributed by atoms with Gasteiger partial charge >= 0.3 is 0 Å². The van der Waals surface area contributed by atoms with Crippen LogP contribution in [0.1, 0.15) is 121 Å². The Morgan fingerprint density at radius 2 is 1.18 bits per heavy atom. The standard InChI is InChI=1S/3C7H11NO.3C2H6/c1-7(2,3)6-4-8-9-5-6;1-7(2,3)6-4-5-9-8-6;1-7(2,3)6-4-5-8-9-6;3*1-2/h3*4-5H,1-3H3;3*1-2H3. The molecule has 33 heavy (non-hydrogen) atoms. The van der Waals surface area contributed by atoms with E-state index in [4.69, 9.17) is 13.6 Å². The first kappa shape index (κ1) is 35.2. The first-order valence-electron chi connectivity index (χ1n) is 12.0. The maximum Gasteiger partial charge on any atom is 0.142 e. The van der Waals surface area contributed by atoms with Crippen molar-refractivity contribution in [3.8, 4) is 0 Å². The summed E-state index contributed by atoms with van der Waals surface area (Å²) in [5.41, 5.74) is 2.52. The Bertz CT molecular complexity index is 621. The number of hydrogen-bond acceptors (Lipinski definition) is 6. The zero-order chi connectivity index (χ0) is 26.7. The Balaban J connectivity index is -0.000000367. The monoisotopic (exact) mass is 465 g/mol. The summed E-state index contributed by atoms with van der Waals surface area (Å²) in [6, 6.07) is 3.78. The van der Waals surface area contributed by atoms with Crippen LogP contribution in [0.15, 0.2) is 50.6 Å². The summed E-state index contributed by atoms with van der Waals surface area (Å²) in [5, 5.41) is 11.0. The second kappa shape index (κ2) is 18.1. The van der Waals surface area contributed by atoms with Gasteiger partial charge in [-0.15, -0.1) is 0 Å². The first-order chi connectivity index (χ1) is 15.3. The molecule has 3 aromatic rings. The van der Waals surface area contributed by atoms with E-state index in [2.05, 4.69) is 77.8 Å². The minimum Gasteiger partial charge on any atom is -0.364 e. The first-order valence-corrected chi connectivity index (χ1v) is 12.0. The molecule has 0 atom stereocenters. The summed E-state index contributed by atoms with van der Waals surface area (Å²) in [5.74, 6) is 0.933. The fourth-order valence-corrected chi connectivity index (χ4v) is 1.78. The Morgan fingerprint density at radius 3 is 1.36 bits per heavy atom. The summed E-state index contributed by atoms with van der Waals surface area (Å²) in [6.07, 6.45) is 6.70. The van der Waals surface area contributed by atoms with Crippen LogP contribution in [0.25, 0.3) is 0 Å². The molecule has 6 nitrogen and oxygen atoms in total. The van der Waals surface area contributed by atoms with Gasteiger partial charge in [0, 0.05) is 28.5 Å². The van der Waals surface area contributed by atoms with Crippen LogP contribution in [-0.4, -0.2) is 15.5 Å². The molecule has 0 aliphatic heterocycles. The van der Waals surface area contributed by atoms with Gasteiger partial charge in [-0.2, -0.15) is 0 Å². The summed E-state index contributed by atoms with van der Waals surface area (Å²) < 4.78 is 14.3. The number of hydrogen-bond donors (Lipinski definition) is 0. The van der Waals surface area contributed by atoms with Crippen LogP contribution < -0.4 is 0 Å². The lowest BCUT2D eigenvalue weighted by atomic mass is 9.90. The highest BCUT2D eigenvalue weighted by Crippen LogP contribution is 2.21. The van der Waals surface area contributed by atoms with Gasteiger partial charge in [-0.25, -0.2) is 0 Å². The highest BCUT2D eigenvalue weighted by atomic mass is 16.5. The molecule has 6 heteroatoms. The fraction of sp³-hybridized carbons (Fsp3) is 0.667. The number of aromatic nitrogens is 3. The van der Waals surface area contributed by atoms with Gasteiger partial charge in [0.05, 0.1) is 18.1 Å². The van der Waals surface area contributed by atoms with E-state index in [-0.39, 0.29) is 16.2 Å². The molecule has 192 valence electrons. The Labute approximate surface area is 203 Å². The molecule has 0 aliphatic carbocycles. The molecule has 0 bridgehead atoms. The lowest BCUT2D eigenvalue weighted by molar-refractivity contribution is 0.329. The number of nitrogens with zero attached hydrogens (tertiary/aromatic N) is 3. The van der Waals surface area contributed by atoms with Gasteiger partial charge in [0.15, 0.2) is 0 Å².